The van der Waals surface area contributed by atoms with Gasteiger partial charge < -0.3 is 16.0 Å². The van der Waals surface area contributed by atoms with Crippen LogP contribution in [0.25, 0.3) is 5.69 Å². The predicted molar refractivity (Wildman–Crippen MR) is 102 cm³/mol. The van der Waals surface area contributed by atoms with E-state index in [-0.39, 0.29) is 22.2 Å². The van der Waals surface area contributed by atoms with E-state index in [1.807, 2.05) is 0 Å². The van der Waals surface area contributed by atoms with Gasteiger partial charge in [0.1, 0.15) is 12.1 Å². The van der Waals surface area contributed by atoms with Gasteiger partial charge in [-0.15, -0.1) is 0 Å². The highest BCUT2D eigenvalue weighted by molar-refractivity contribution is 6.34. The molecule has 0 spiro atoms. The van der Waals surface area contributed by atoms with Gasteiger partial charge in [0, 0.05) is 11.4 Å². The van der Waals surface area contributed by atoms with Crippen molar-refractivity contribution in [2.75, 3.05) is 16.0 Å². The minimum atomic E-state index is -0.533. The minimum absolute atomic E-state index is 0.00678. The normalized spacial score (nSPS) is 10.2. The lowest BCUT2D eigenvalue weighted by Crippen LogP contribution is -2.12. The van der Waals surface area contributed by atoms with Gasteiger partial charge in [-0.1, -0.05) is 11.6 Å². The zero-order valence-corrected chi connectivity index (χ0v) is 14.9. The van der Waals surface area contributed by atoms with Crippen molar-refractivity contribution in [1.29, 1.82) is 0 Å². The molecule has 0 fully saturated rings. The number of nitrogens with one attached hydrogen (secondary N) is 3. The van der Waals surface area contributed by atoms with E-state index in [1.54, 1.807) is 28.8 Å². The van der Waals surface area contributed by atoms with Crippen LogP contribution in [0.1, 0.15) is 10.4 Å². The molecule has 0 aliphatic carbocycles. The van der Waals surface area contributed by atoms with Crippen LogP contribution in [0.3, 0.4) is 0 Å². The van der Waals surface area contributed by atoms with Crippen molar-refractivity contribution in [2.45, 2.75) is 0 Å². The molecule has 0 saturated carbocycles. The highest BCUT2D eigenvalue weighted by Gasteiger charge is 2.13. The van der Waals surface area contributed by atoms with Gasteiger partial charge in [-0.25, -0.2) is 9.37 Å². The van der Waals surface area contributed by atoms with E-state index in [9.17, 15) is 18.8 Å². The van der Waals surface area contributed by atoms with Crippen molar-refractivity contribution in [3.05, 3.63) is 65.2 Å². The Balaban J connectivity index is 1.81. The largest absolute Gasteiger partial charge is 0.322 e. The van der Waals surface area contributed by atoms with Gasteiger partial charge in [0.15, 0.2) is 11.6 Å². The number of aromatic nitrogens is 2. The van der Waals surface area contributed by atoms with E-state index in [0.29, 0.717) is 24.2 Å². The molecule has 0 saturated heterocycles. The Labute approximate surface area is 163 Å². The standard InChI is InChI=1S/C18H13ClFN5O3/c19-15-7-11(20)1-6-14(15)18(28)24-12-2-4-13(5-3-12)25-8-21-16(22-9-26)17(25)23-10-27/h1-10H,(H,22,26)(H,23,27)(H,24,28). The SMILES string of the molecule is O=CNc1ncn(-c2ccc(NC(=O)c3ccc(F)cc3Cl)cc2)c1NC=O. The second-order valence-corrected chi connectivity index (χ2v) is 5.87. The molecule has 3 aromatic rings. The molecule has 3 rings (SSSR count). The third kappa shape index (κ3) is 3.99. The highest BCUT2D eigenvalue weighted by Crippen LogP contribution is 2.25. The molecule has 0 atom stereocenters. The number of hydrogen-bond donors (Lipinski definition) is 3. The average Bonchev–Trinajstić information content (AvgIpc) is 3.05. The molecule has 142 valence electrons. The van der Waals surface area contributed by atoms with Crippen LogP contribution in [0.5, 0.6) is 0 Å². The van der Waals surface area contributed by atoms with Crippen LogP contribution in [0.15, 0.2) is 48.8 Å². The average molecular weight is 402 g/mol. The molecule has 0 unspecified atom stereocenters. The number of nitrogens with zero attached hydrogens (tertiary/aromatic N) is 2. The number of halogens is 2. The molecule has 0 aliphatic rings. The topological polar surface area (TPSA) is 105 Å². The molecule has 3 N–H and O–H groups in total. The predicted octanol–water partition coefficient (Wildman–Crippen LogP) is 3.05. The number of carbonyl (C=O) groups is 3. The van der Waals surface area contributed by atoms with Gasteiger partial charge in [0.25, 0.3) is 5.91 Å². The van der Waals surface area contributed by atoms with Gasteiger partial charge in [0.2, 0.25) is 12.8 Å². The first-order valence-corrected chi connectivity index (χ1v) is 8.26. The number of anilines is 3. The molecule has 3 amide bonds. The fraction of sp³-hybridized carbons (Fsp3) is 0. The van der Waals surface area contributed by atoms with E-state index in [4.69, 9.17) is 11.6 Å². The lowest BCUT2D eigenvalue weighted by Gasteiger charge is -2.10. The Bertz CT molecular complexity index is 1040. The Kier molecular flexibility index (Phi) is 5.66. The van der Waals surface area contributed by atoms with Gasteiger partial charge >= 0.3 is 0 Å². The maximum absolute atomic E-state index is 13.1. The first-order chi connectivity index (χ1) is 13.5. The van der Waals surface area contributed by atoms with Gasteiger partial charge in [0.05, 0.1) is 10.6 Å². The quantitative estimate of drug-likeness (QED) is 0.529. The van der Waals surface area contributed by atoms with Gasteiger partial charge in [-0.2, -0.15) is 0 Å². The molecule has 8 nitrogen and oxygen atoms in total. The maximum atomic E-state index is 13.1. The summed E-state index contributed by atoms with van der Waals surface area (Å²) in [5, 5.41) is 7.52. The summed E-state index contributed by atoms with van der Waals surface area (Å²) in [5.74, 6) is -0.557. The summed E-state index contributed by atoms with van der Waals surface area (Å²) in [6.07, 6.45) is 2.33. The lowest BCUT2D eigenvalue weighted by molar-refractivity contribution is -0.106. The summed E-state index contributed by atoms with van der Waals surface area (Å²) in [6.45, 7) is 0. The molecule has 0 aliphatic heterocycles. The Morgan fingerprint density at radius 3 is 2.43 bits per heavy atom. The van der Waals surface area contributed by atoms with E-state index in [2.05, 4.69) is 20.9 Å². The van der Waals surface area contributed by atoms with Crippen molar-refractivity contribution in [1.82, 2.24) is 9.55 Å². The summed E-state index contributed by atoms with van der Waals surface area (Å²) < 4.78 is 14.7. The smallest absolute Gasteiger partial charge is 0.257 e. The molecule has 2 aromatic carbocycles. The first kappa shape index (κ1) is 19.1. The summed E-state index contributed by atoms with van der Waals surface area (Å²) in [6, 6.07) is 10.1. The van der Waals surface area contributed by atoms with Crippen molar-refractivity contribution in [2.24, 2.45) is 0 Å². The van der Waals surface area contributed by atoms with Crippen LogP contribution in [0, 0.1) is 5.82 Å². The second-order valence-electron chi connectivity index (χ2n) is 5.46. The number of carbonyl (C=O) groups excluding carboxylic acids is 3. The molecule has 10 heteroatoms. The third-order valence-electron chi connectivity index (χ3n) is 3.74. The van der Waals surface area contributed by atoms with Crippen molar-refractivity contribution in [3.8, 4) is 5.69 Å². The number of hydrogen-bond acceptors (Lipinski definition) is 4. The molecule has 0 bridgehead atoms. The van der Waals surface area contributed by atoms with Gasteiger partial charge in [-0.3, -0.25) is 19.0 Å². The molecule has 0 radical (unpaired) electrons. The van der Waals surface area contributed by atoms with Crippen molar-refractivity contribution in [3.63, 3.8) is 0 Å². The van der Waals surface area contributed by atoms with Crippen LogP contribution in [0.2, 0.25) is 5.02 Å². The lowest BCUT2D eigenvalue weighted by atomic mass is 10.2. The summed E-state index contributed by atoms with van der Waals surface area (Å²) >= 11 is 5.89. The van der Waals surface area contributed by atoms with E-state index in [1.165, 1.54) is 12.4 Å². The Morgan fingerprint density at radius 2 is 1.79 bits per heavy atom. The number of imidazole rings is 1. The number of rotatable bonds is 7. The maximum Gasteiger partial charge on any atom is 0.257 e. The molecular formula is C18H13ClFN5O3. The molecule has 1 aromatic heterocycles. The van der Waals surface area contributed by atoms with E-state index < -0.39 is 11.7 Å². The minimum Gasteiger partial charge on any atom is -0.322 e. The molecule has 28 heavy (non-hydrogen) atoms. The summed E-state index contributed by atoms with van der Waals surface area (Å²) in [7, 11) is 0. The fourth-order valence-electron chi connectivity index (χ4n) is 2.48. The first-order valence-electron chi connectivity index (χ1n) is 7.88. The number of benzene rings is 2. The van der Waals surface area contributed by atoms with E-state index >= 15 is 0 Å². The zero-order valence-electron chi connectivity index (χ0n) is 14.1. The Morgan fingerprint density at radius 1 is 1.07 bits per heavy atom. The van der Waals surface area contributed by atoms with Crippen LogP contribution in [-0.2, 0) is 9.59 Å². The fourth-order valence-corrected chi connectivity index (χ4v) is 2.73. The van der Waals surface area contributed by atoms with Crippen molar-refractivity contribution < 1.29 is 18.8 Å². The molecular weight excluding hydrogens is 389 g/mol. The van der Waals surface area contributed by atoms with Crippen LogP contribution < -0.4 is 16.0 Å². The Hall–Kier alpha value is -3.72. The highest BCUT2D eigenvalue weighted by atomic mass is 35.5. The third-order valence-corrected chi connectivity index (χ3v) is 4.05. The second kappa shape index (κ2) is 8.31. The van der Waals surface area contributed by atoms with E-state index in [0.717, 1.165) is 12.1 Å². The zero-order chi connectivity index (χ0) is 20.1. The van der Waals surface area contributed by atoms with Crippen molar-refractivity contribution >= 4 is 47.7 Å². The monoisotopic (exact) mass is 401 g/mol. The molecule has 1 heterocycles. The van der Waals surface area contributed by atoms with Crippen LogP contribution in [0.4, 0.5) is 21.7 Å². The van der Waals surface area contributed by atoms with Crippen LogP contribution >= 0.6 is 11.6 Å². The summed E-state index contributed by atoms with van der Waals surface area (Å²) in [4.78, 5) is 37.8. The number of amides is 3. The van der Waals surface area contributed by atoms with Crippen LogP contribution in [-0.4, -0.2) is 28.3 Å². The summed E-state index contributed by atoms with van der Waals surface area (Å²) in [5.41, 5.74) is 1.24. The van der Waals surface area contributed by atoms with Gasteiger partial charge in [-0.05, 0) is 42.5 Å².